The molecule has 0 unspecified atom stereocenters. The summed E-state index contributed by atoms with van der Waals surface area (Å²) in [6.07, 6.45) is -0.488. The SMILES string of the molecule is CN1C(=O)[C@@]23C(=O)c4ccccc4[C@]2(C)CCC(=O)[C@H]3[C@@H]1O. The van der Waals surface area contributed by atoms with Crippen LogP contribution >= 0.6 is 0 Å². The molecule has 1 spiro atoms. The third-order valence-corrected chi connectivity index (χ3v) is 6.03. The van der Waals surface area contributed by atoms with Gasteiger partial charge in [0.15, 0.2) is 5.78 Å². The van der Waals surface area contributed by atoms with Gasteiger partial charge in [-0.15, -0.1) is 0 Å². The summed E-state index contributed by atoms with van der Waals surface area (Å²) >= 11 is 0. The number of amides is 1. The molecule has 1 N–H and O–H groups in total. The zero-order chi connectivity index (χ0) is 15.9. The van der Waals surface area contributed by atoms with Crippen LogP contribution in [0.2, 0.25) is 0 Å². The number of fused-ring (bicyclic) bond motifs is 2. The largest absolute Gasteiger partial charge is 0.373 e. The Kier molecular flexibility index (Phi) is 2.38. The topological polar surface area (TPSA) is 74.7 Å². The first-order chi connectivity index (χ1) is 10.4. The third-order valence-electron chi connectivity index (χ3n) is 6.03. The number of Topliss-reactive ketones (excluding diaryl/α,β-unsaturated/α-hetero) is 2. The number of rotatable bonds is 0. The van der Waals surface area contributed by atoms with Crippen LogP contribution in [0.4, 0.5) is 0 Å². The first-order valence-corrected chi connectivity index (χ1v) is 7.49. The molecular formula is C17H17NO4. The van der Waals surface area contributed by atoms with Crippen LogP contribution in [0.25, 0.3) is 0 Å². The van der Waals surface area contributed by atoms with E-state index in [4.69, 9.17) is 0 Å². The summed E-state index contributed by atoms with van der Waals surface area (Å²) in [6, 6.07) is 7.20. The van der Waals surface area contributed by atoms with Crippen LogP contribution in [-0.2, 0) is 15.0 Å². The van der Waals surface area contributed by atoms with E-state index in [-0.39, 0.29) is 18.0 Å². The van der Waals surface area contributed by atoms with Crippen LogP contribution in [0, 0.1) is 11.3 Å². The van der Waals surface area contributed by atoms with Crippen molar-refractivity contribution < 1.29 is 19.5 Å². The molecule has 4 atom stereocenters. The predicted octanol–water partition coefficient (Wildman–Crippen LogP) is 0.896. The van der Waals surface area contributed by atoms with Gasteiger partial charge in [-0.25, -0.2) is 0 Å². The number of ketones is 2. The van der Waals surface area contributed by atoms with E-state index in [1.807, 2.05) is 19.1 Å². The molecule has 1 saturated carbocycles. The van der Waals surface area contributed by atoms with E-state index in [0.717, 1.165) is 10.5 Å². The lowest BCUT2D eigenvalue weighted by molar-refractivity contribution is -0.142. The lowest BCUT2D eigenvalue weighted by Gasteiger charge is -2.45. The van der Waals surface area contributed by atoms with E-state index in [1.54, 1.807) is 12.1 Å². The molecule has 0 aromatic heterocycles. The number of carbonyl (C=O) groups is 3. The molecule has 4 rings (SSSR count). The smallest absolute Gasteiger partial charge is 0.240 e. The maximum absolute atomic E-state index is 13.2. The maximum atomic E-state index is 13.2. The molecule has 2 aliphatic carbocycles. The minimum Gasteiger partial charge on any atom is -0.373 e. The average molecular weight is 299 g/mol. The highest BCUT2D eigenvalue weighted by Gasteiger charge is 2.77. The van der Waals surface area contributed by atoms with Crippen molar-refractivity contribution in [3.8, 4) is 0 Å². The predicted molar refractivity (Wildman–Crippen MR) is 77.1 cm³/mol. The van der Waals surface area contributed by atoms with E-state index in [0.29, 0.717) is 12.0 Å². The molecule has 5 nitrogen and oxygen atoms in total. The second kappa shape index (κ2) is 3.84. The molecular weight excluding hydrogens is 282 g/mol. The van der Waals surface area contributed by atoms with Crippen molar-refractivity contribution in [3.05, 3.63) is 35.4 Å². The fraction of sp³-hybridized carbons (Fsp3) is 0.471. The molecule has 1 heterocycles. The molecule has 22 heavy (non-hydrogen) atoms. The Morgan fingerprint density at radius 2 is 1.91 bits per heavy atom. The monoisotopic (exact) mass is 299 g/mol. The van der Waals surface area contributed by atoms with Crippen LogP contribution in [-0.4, -0.2) is 40.8 Å². The maximum Gasteiger partial charge on any atom is 0.240 e. The Morgan fingerprint density at radius 3 is 2.64 bits per heavy atom. The van der Waals surface area contributed by atoms with Crippen LogP contribution in [0.1, 0.15) is 35.7 Å². The minimum atomic E-state index is -1.47. The van der Waals surface area contributed by atoms with Crippen molar-refractivity contribution >= 4 is 17.5 Å². The Balaban J connectivity index is 2.08. The van der Waals surface area contributed by atoms with Crippen molar-refractivity contribution in [3.63, 3.8) is 0 Å². The van der Waals surface area contributed by atoms with Gasteiger partial charge in [0, 0.05) is 24.4 Å². The Morgan fingerprint density at radius 1 is 1.23 bits per heavy atom. The molecule has 1 saturated heterocycles. The molecule has 0 bridgehead atoms. The number of aliphatic hydroxyl groups is 1. The summed E-state index contributed by atoms with van der Waals surface area (Å²) in [5.41, 5.74) is -0.865. The highest BCUT2D eigenvalue weighted by atomic mass is 16.3. The molecule has 2 fully saturated rings. The van der Waals surface area contributed by atoms with Gasteiger partial charge in [-0.3, -0.25) is 14.4 Å². The van der Waals surface area contributed by atoms with Crippen LogP contribution in [0.5, 0.6) is 0 Å². The number of likely N-dealkylation sites (tertiary alicyclic amines) is 1. The van der Waals surface area contributed by atoms with Gasteiger partial charge in [0.05, 0.1) is 5.92 Å². The van der Waals surface area contributed by atoms with Gasteiger partial charge in [0.2, 0.25) is 5.91 Å². The van der Waals surface area contributed by atoms with Crippen LogP contribution < -0.4 is 0 Å². The molecule has 1 aromatic rings. The van der Waals surface area contributed by atoms with Gasteiger partial charge in [-0.2, -0.15) is 0 Å². The normalized spacial score (nSPS) is 39.8. The molecule has 1 aliphatic heterocycles. The summed E-state index contributed by atoms with van der Waals surface area (Å²) in [7, 11) is 1.46. The van der Waals surface area contributed by atoms with Crippen molar-refractivity contribution in [1.29, 1.82) is 0 Å². The summed E-state index contributed by atoms with van der Waals surface area (Å²) in [5.74, 6) is -1.90. The van der Waals surface area contributed by atoms with Gasteiger partial charge in [-0.1, -0.05) is 31.2 Å². The number of hydrogen-bond acceptors (Lipinski definition) is 4. The number of benzene rings is 1. The van der Waals surface area contributed by atoms with Crippen molar-refractivity contribution in [1.82, 2.24) is 4.90 Å². The highest BCUT2D eigenvalue weighted by molar-refractivity contribution is 6.23. The number of aliphatic hydroxyl groups excluding tert-OH is 1. The average Bonchev–Trinajstić information content (AvgIpc) is 2.85. The fourth-order valence-corrected chi connectivity index (χ4v) is 4.90. The standard InChI is InChI=1S/C17H17NO4/c1-16-8-7-11(19)12-14(21)18(2)15(22)17(12,16)13(20)9-5-3-4-6-10(9)16/h3-6,12,14,21H,7-8H2,1-2H3/t12-,14-,16-,17+/m0/s1. The first kappa shape index (κ1) is 13.6. The van der Waals surface area contributed by atoms with E-state index < -0.39 is 28.9 Å². The Labute approximate surface area is 127 Å². The van der Waals surface area contributed by atoms with Crippen molar-refractivity contribution in [2.24, 2.45) is 11.3 Å². The van der Waals surface area contributed by atoms with E-state index in [2.05, 4.69) is 0 Å². The third kappa shape index (κ3) is 1.12. The lowest BCUT2D eigenvalue weighted by atomic mass is 9.52. The Hall–Kier alpha value is -2.01. The van der Waals surface area contributed by atoms with E-state index in [1.165, 1.54) is 7.05 Å². The molecule has 114 valence electrons. The molecule has 5 heteroatoms. The number of hydrogen-bond donors (Lipinski definition) is 1. The van der Waals surface area contributed by atoms with Gasteiger partial charge < -0.3 is 10.0 Å². The molecule has 1 amide bonds. The Bertz CT molecular complexity index is 742. The van der Waals surface area contributed by atoms with Gasteiger partial charge in [0.1, 0.15) is 17.4 Å². The molecule has 1 aromatic carbocycles. The molecule has 3 aliphatic rings. The summed E-state index contributed by atoms with van der Waals surface area (Å²) < 4.78 is 0. The van der Waals surface area contributed by atoms with Crippen molar-refractivity contribution in [2.45, 2.75) is 31.4 Å². The summed E-state index contributed by atoms with van der Waals surface area (Å²) in [4.78, 5) is 39.8. The zero-order valence-corrected chi connectivity index (χ0v) is 12.5. The quantitative estimate of drug-likeness (QED) is 0.722. The van der Waals surface area contributed by atoms with Crippen molar-refractivity contribution in [2.75, 3.05) is 7.05 Å². The van der Waals surface area contributed by atoms with E-state index >= 15 is 0 Å². The lowest BCUT2D eigenvalue weighted by Crippen LogP contribution is -2.57. The minimum absolute atomic E-state index is 0.191. The van der Waals surface area contributed by atoms with Crippen LogP contribution in [0.15, 0.2) is 24.3 Å². The summed E-state index contributed by atoms with van der Waals surface area (Å²) in [6.45, 7) is 1.89. The van der Waals surface area contributed by atoms with E-state index in [9.17, 15) is 19.5 Å². The number of carbonyl (C=O) groups excluding carboxylic acids is 3. The second-order valence-corrected chi connectivity index (χ2v) is 6.79. The first-order valence-electron chi connectivity index (χ1n) is 7.49. The van der Waals surface area contributed by atoms with Crippen LogP contribution in [0.3, 0.4) is 0 Å². The summed E-state index contributed by atoms with van der Waals surface area (Å²) in [5, 5.41) is 10.4. The van der Waals surface area contributed by atoms with Gasteiger partial charge in [0.25, 0.3) is 0 Å². The second-order valence-electron chi connectivity index (χ2n) is 6.79. The number of nitrogens with zero attached hydrogens (tertiary/aromatic N) is 1. The van der Waals surface area contributed by atoms with Gasteiger partial charge >= 0.3 is 0 Å². The molecule has 0 radical (unpaired) electrons. The zero-order valence-electron chi connectivity index (χ0n) is 12.5. The highest BCUT2D eigenvalue weighted by Crippen LogP contribution is 2.64. The van der Waals surface area contributed by atoms with Gasteiger partial charge in [-0.05, 0) is 12.0 Å². The fourth-order valence-electron chi connectivity index (χ4n) is 4.90.